The maximum Gasteiger partial charge on any atom is 0.345 e. The minimum atomic E-state index is -1.02. The smallest absolute Gasteiger partial charge is 0.345 e. The highest BCUT2D eigenvalue weighted by Crippen LogP contribution is 2.25. The first kappa shape index (κ1) is 18.2. The fraction of sp³-hybridized carbons (Fsp3) is 0.467. The van der Waals surface area contributed by atoms with E-state index in [1.807, 2.05) is 0 Å². The van der Waals surface area contributed by atoms with Gasteiger partial charge in [0.15, 0.2) is 6.10 Å². The molecule has 130 valence electrons. The fourth-order valence-corrected chi connectivity index (χ4v) is 2.72. The molecule has 2 rings (SSSR count). The Hall–Kier alpha value is -2.13. The van der Waals surface area contributed by atoms with Crippen molar-refractivity contribution in [2.45, 2.75) is 17.9 Å². The Morgan fingerprint density at radius 2 is 2.04 bits per heavy atom. The van der Waals surface area contributed by atoms with Crippen LogP contribution in [-0.4, -0.2) is 60.4 Å². The Morgan fingerprint density at radius 3 is 2.62 bits per heavy atom. The molecule has 1 heterocycles. The number of nitro benzene ring substituents is 1. The molecule has 0 bridgehead atoms. The van der Waals surface area contributed by atoms with Crippen LogP contribution in [0.2, 0.25) is 0 Å². The molecule has 9 heteroatoms. The molecule has 1 aromatic carbocycles. The zero-order valence-corrected chi connectivity index (χ0v) is 14.2. The van der Waals surface area contributed by atoms with Crippen molar-refractivity contribution in [3.05, 3.63) is 33.9 Å². The normalized spacial score (nSPS) is 15.7. The lowest BCUT2D eigenvalue weighted by Gasteiger charge is -2.28. The van der Waals surface area contributed by atoms with Gasteiger partial charge >= 0.3 is 5.97 Å². The van der Waals surface area contributed by atoms with Crippen molar-refractivity contribution >= 4 is 29.3 Å². The van der Waals surface area contributed by atoms with Crippen molar-refractivity contribution in [1.82, 2.24) is 4.90 Å². The minimum absolute atomic E-state index is 0.159. The molecule has 8 nitrogen and oxygen atoms in total. The van der Waals surface area contributed by atoms with E-state index in [0.29, 0.717) is 31.2 Å². The minimum Gasteiger partial charge on any atom is -0.449 e. The third kappa shape index (κ3) is 4.24. The molecule has 1 saturated heterocycles. The number of amides is 1. The van der Waals surface area contributed by atoms with Gasteiger partial charge in [0, 0.05) is 24.1 Å². The number of ether oxygens (including phenoxy) is 2. The van der Waals surface area contributed by atoms with E-state index in [9.17, 15) is 19.7 Å². The van der Waals surface area contributed by atoms with Crippen LogP contribution in [-0.2, 0) is 14.3 Å². The molecule has 0 spiro atoms. The number of morpholine rings is 1. The molecule has 0 aliphatic carbocycles. The fourth-order valence-electron chi connectivity index (χ4n) is 2.28. The predicted octanol–water partition coefficient (Wildman–Crippen LogP) is 1.72. The number of benzene rings is 1. The molecule has 1 aromatic rings. The van der Waals surface area contributed by atoms with Gasteiger partial charge in [0.2, 0.25) is 0 Å². The molecule has 1 aliphatic heterocycles. The Labute approximate surface area is 143 Å². The average Bonchev–Trinajstić information content (AvgIpc) is 2.60. The maximum atomic E-state index is 12.3. The van der Waals surface area contributed by atoms with E-state index in [4.69, 9.17) is 9.47 Å². The molecule has 0 N–H and O–H groups in total. The SMILES string of the molecule is CSc1ccc([N+](=O)[O-])c(C(=O)OC(C)C(=O)N2CCOCC2)c1. The largest absolute Gasteiger partial charge is 0.449 e. The molecule has 0 saturated carbocycles. The number of hydrogen-bond acceptors (Lipinski definition) is 7. The summed E-state index contributed by atoms with van der Waals surface area (Å²) in [6.45, 7) is 3.20. The summed E-state index contributed by atoms with van der Waals surface area (Å²) in [5.41, 5.74) is -0.503. The number of carbonyl (C=O) groups excluding carboxylic acids is 2. The molecule has 1 unspecified atom stereocenters. The summed E-state index contributed by atoms with van der Waals surface area (Å²) in [4.78, 5) is 37.3. The van der Waals surface area contributed by atoms with E-state index >= 15 is 0 Å². The summed E-state index contributed by atoms with van der Waals surface area (Å²) in [6.07, 6.45) is 0.772. The third-order valence-corrected chi connectivity index (χ3v) is 4.30. The van der Waals surface area contributed by atoms with Gasteiger partial charge in [0.05, 0.1) is 18.1 Å². The van der Waals surface area contributed by atoms with Crippen LogP contribution in [0.5, 0.6) is 0 Å². The number of esters is 1. The summed E-state index contributed by atoms with van der Waals surface area (Å²) < 4.78 is 10.3. The monoisotopic (exact) mass is 354 g/mol. The van der Waals surface area contributed by atoms with Gasteiger partial charge in [-0.25, -0.2) is 4.79 Å². The van der Waals surface area contributed by atoms with Crippen LogP contribution in [0.4, 0.5) is 5.69 Å². The van der Waals surface area contributed by atoms with Crippen molar-refractivity contribution in [3.8, 4) is 0 Å². The average molecular weight is 354 g/mol. The van der Waals surface area contributed by atoms with Gasteiger partial charge in [-0.05, 0) is 25.3 Å². The van der Waals surface area contributed by atoms with Gasteiger partial charge in [-0.15, -0.1) is 11.8 Å². The molecular formula is C15H18N2O6S. The molecule has 1 amide bonds. The highest BCUT2D eigenvalue weighted by molar-refractivity contribution is 7.98. The van der Waals surface area contributed by atoms with Crippen LogP contribution in [0.1, 0.15) is 17.3 Å². The van der Waals surface area contributed by atoms with Gasteiger partial charge in [-0.3, -0.25) is 14.9 Å². The van der Waals surface area contributed by atoms with Crippen molar-refractivity contribution in [3.63, 3.8) is 0 Å². The first-order valence-electron chi connectivity index (χ1n) is 7.34. The first-order chi connectivity index (χ1) is 11.4. The number of nitrogens with zero attached hydrogens (tertiary/aromatic N) is 2. The van der Waals surface area contributed by atoms with Gasteiger partial charge in [-0.2, -0.15) is 0 Å². The summed E-state index contributed by atoms with van der Waals surface area (Å²) in [5, 5.41) is 11.1. The number of rotatable bonds is 5. The van der Waals surface area contributed by atoms with Crippen LogP contribution in [0.3, 0.4) is 0 Å². The topological polar surface area (TPSA) is 99.0 Å². The molecule has 1 aliphatic rings. The Balaban J connectivity index is 2.13. The van der Waals surface area contributed by atoms with Crippen LogP contribution in [0, 0.1) is 10.1 Å². The molecule has 0 aromatic heterocycles. The molecular weight excluding hydrogens is 336 g/mol. The van der Waals surface area contributed by atoms with E-state index in [1.165, 1.54) is 30.8 Å². The zero-order chi connectivity index (χ0) is 17.7. The Bertz CT molecular complexity index is 645. The summed E-state index contributed by atoms with van der Waals surface area (Å²) in [5.74, 6) is -1.22. The van der Waals surface area contributed by atoms with Gasteiger partial charge in [-0.1, -0.05) is 0 Å². The lowest BCUT2D eigenvalue weighted by molar-refractivity contribution is -0.385. The van der Waals surface area contributed by atoms with Crippen molar-refractivity contribution in [2.75, 3.05) is 32.6 Å². The molecule has 1 fully saturated rings. The van der Waals surface area contributed by atoms with Gasteiger partial charge in [0.1, 0.15) is 5.56 Å². The summed E-state index contributed by atoms with van der Waals surface area (Å²) in [7, 11) is 0. The second-order valence-corrected chi connectivity index (χ2v) is 6.01. The van der Waals surface area contributed by atoms with E-state index in [2.05, 4.69) is 0 Å². The van der Waals surface area contributed by atoms with Crippen LogP contribution >= 0.6 is 11.8 Å². The standard InChI is InChI=1S/C15H18N2O6S/c1-10(14(18)16-5-7-22-8-6-16)23-15(19)12-9-11(24-2)3-4-13(12)17(20)21/h3-4,9-10H,5-8H2,1-2H3. The van der Waals surface area contributed by atoms with Crippen LogP contribution in [0.25, 0.3) is 0 Å². The van der Waals surface area contributed by atoms with Crippen LogP contribution in [0.15, 0.2) is 23.1 Å². The second-order valence-electron chi connectivity index (χ2n) is 5.13. The van der Waals surface area contributed by atoms with Crippen molar-refractivity contribution in [2.24, 2.45) is 0 Å². The lowest BCUT2D eigenvalue weighted by atomic mass is 10.2. The van der Waals surface area contributed by atoms with Crippen molar-refractivity contribution < 1.29 is 24.0 Å². The van der Waals surface area contributed by atoms with E-state index in [1.54, 1.807) is 17.2 Å². The summed E-state index contributed by atoms with van der Waals surface area (Å²) in [6, 6.07) is 4.22. The van der Waals surface area contributed by atoms with E-state index in [0.717, 1.165) is 0 Å². The van der Waals surface area contributed by atoms with Gasteiger partial charge in [0.25, 0.3) is 11.6 Å². The van der Waals surface area contributed by atoms with Crippen molar-refractivity contribution in [1.29, 1.82) is 0 Å². The van der Waals surface area contributed by atoms with Gasteiger partial charge < -0.3 is 14.4 Å². The number of carbonyl (C=O) groups is 2. The third-order valence-electron chi connectivity index (χ3n) is 3.57. The maximum absolute atomic E-state index is 12.3. The molecule has 0 radical (unpaired) electrons. The first-order valence-corrected chi connectivity index (χ1v) is 8.56. The number of thioether (sulfide) groups is 1. The summed E-state index contributed by atoms with van der Waals surface area (Å²) >= 11 is 1.35. The lowest BCUT2D eigenvalue weighted by Crippen LogP contribution is -2.46. The Morgan fingerprint density at radius 1 is 1.38 bits per heavy atom. The van der Waals surface area contributed by atoms with Crippen LogP contribution < -0.4 is 0 Å². The van der Waals surface area contributed by atoms with E-state index < -0.39 is 17.0 Å². The molecule has 1 atom stereocenters. The zero-order valence-electron chi connectivity index (χ0n) is 13.4. The number of hydrogen-bond donors (Lipinski definition) is 0. The highest BCUT2D eigenvalue weighted by Gasteiger charge is 2.28. The molecule has 24 heavy (non-hydrogen) atoms. The highest BCUT2D eigenvalue weighted by atomic mass is 32.2. The predicted molar refractivity (Wildman–Crippen MR) is 87.2 cm³/mol. The number of nitro groups is 1. The van der Waals surface area contributed by atoms with E-state index in [-0.39, 0.29) is 17.2 Å². The second kappa shape index (κ2) is 8.11. The Kier molecular flexibility index (Phi) is 6.16. The quantitative estimate of drug-likeness (QED) is 0.343.